The Morgan fingerprint density at radius 3 is 2.35 bits per heavy atom. The molecule has 0 radical (unpaired) electrons. The van der Waals surface area contributed by atoms with Crippen molar-refractivity contribution < 1.29 is 18.7 Å². The minimum Gasteiger partial charge on any atom is -0.457 e. The lowest BCUT2D eigenvalue weighted by molar-refractivity contribution is -0.114. The van der Waals surface area contributed by atoms with E-state index in [0.29, 0.717) is 17.4 Å². The van der Waals surface area contributed by atoms with E-state index >= 15 is 0 Å². The van der Waals surface area contributed by atoms with Crippen LogP contribution in [0.4, 0.5) is 26.5 Å². The average Bonchev–Trinajstić information content (AvgIpc) is 3.14. The lowest BCUT2D eigenvalue weighted by atomic mass is 9.92. The zero-order valence-electron chi connectivity index (χ0n) is 20.1. The Hall–Kier alpha value is -3.95. The molecule has 2 heterocycles. The maximum absolute atomic E-state index is 14.7. The van der Waals surface area contributed by atoms with Gasteiger partial charge in [-0.15, -0.1) is 0 Å². The van der Waals surface area contributed by atoms with Crippen LogP contribution in [-0.2, 0) is 10.2 Å². The van der Waals surface area contributed by atoms with Gasteiger partial charge in [0.1, 0.15) is 29.0 Å². The van der Waals surface area contributed by atoms with Crippen molar-refractivity contribution in [1.29, 1.82) is 0 Å². The number of amides is 3. The van der Waals surface area contributed by atoms with Crippen LogP contribution in [0.15, 0.2) is 42.6 Å². The molecule has 2 aromatic heterocycles. The molecule has 0 saturated carbocycles. The summed E-state index contributed by atoms with van der Waals surface area (Å²) in [5, 5.41) is 12.4. The Balaban J connectivity index is 1.70. The Morgan fingerprint density at radius 2 is 1.74 bits per heavy atom. The van der Waals surface area contributed by atoms with Gasteiger partial charge in [-0.05, 0) is 32.0 Å². The summed E-state index contributed by atoms with van der Waals surface area (Å²) in [4.78, 5) is 27.8. The predicted octanol–water partition coefficient (Wildman–Crippen LogP) is 5.69. The zero-order chi connectivity index (χ0) is 25.0. The van der Waals surface area contributed by atoms with Crippen LogP contribution in [0.25, 0.3) is 0 Å². The van der Waals surface area contributed by atoms with Gasteiger partial charge < -0.3 is 15.4 Å². The molecule has 3 aromatic rings. The van der Waals surface area contributed by atoms with Crippen LogP contribution in [0.5, 0.6) is 11.5 Å². The molecule has 0 aliphatic rings. The molecule has 3 rings (SSSR count). The highest BCUT2D eigenvalue weighted by molar-refractivity contribution is 5.99. The van der Waals surface area contributed by atoms with Gasteiger partial charge in [0.2, 0.25) is 5.91 Å². The number of hydrogen-bond acceptors (Lipinski definition) is 5. The van der Waals surface area contributed by atoms with Crippen molar-refractivity contribution >= 4 is 29.3 Å². The van der Waals surface area contributed by atoms with Crippen LogP contribution >= 0.6 is 0 Å². The molecule has 0 saturated heterocycles. The van der Waals surface area contributed by atoms with Gasteiger partial charge in [0.15, 0.2) is 0 Å². The highest BCUT2D eigenvalue weighted by atomic mass is 19.1. The van der Waals surface area contributed by atoms with E-state index in [1.807, 2.05) is 40.7 Å². The first-order valence-corrected chi connectivity index (χ1v) is 10.8. The van der Waals surface area contributed by atoms with E-state index in [0.717, 1.165) is 11.8 Å². The quantitative estimate of drug-likeness (QED) is 0.430. The number of aromatic nitrogens is 3. The van der Waals surface area contributed by atoms with E-state index in [-0.39, 0.29) is 28.8 Å². The van der Waals surface area contributed by atoms with Crippen molar-refractivity contribution in [3.63, 3.8) is 0 Å². The van der Waals surface area contributed by atoms with Crippen molar-refractivity contribution in [2.75, 3.05) is 16.0 Å². The lowest BCUT2D eigenvalue weighted by Gasteiger charge is -2.14. The highest BCUT2D eigenvalue weighted by Crippen LogP contribution is 2.28. The highest BCUT2D eigenvalue weighted by Gasteiger charge is 2.22. The lowest BCUT2D eigenvalue weighted by Crippen LogP contribution is -2.22. The molecule has 3 amide bonds. The van der Waals surface area contributed by atoms with Gasteiger partial charge in [0, 0.05) is 42.8 Å². The summed E-state index contributed by atoms with van der Waals surface area (Å²) in [6.07, 6.45) is 1.46. The normalized spacial score (nSPS) is 11.3. The molecule has 34 heavy (non-hydrogen) atoms. The Morgan fingerprint density at radius 1 is 1.03 bits per heavy atom. The number of anilines is 3. The number of nitrogens with one attached hydrogen (secondary N) is 3. The molecule has 3 N–H and O–H groups in total. The largest absolute Gasteiger partial charge is 0.457 e. The van der Waals surface area contributed by atoms with Crippen LogP contribution in [0.2, 0.25) is 0 Å². The van der Waals surface area contributed by atoms with Crippen molar-refractivity contribution in [1.82, 2.24) is 14.8 Å². The first-order valence-electron chi connectivity index (χ1n) is 10.8. The number of carbonyl (C=O) groups excluding carboxylic acids is 2. The Labute approximate surface area is 197 Å². The van der Waals surface area contributed by atoms with Crippen LogP contribution in [0, 0.1) is 5.82 Å². The van der Waals surface area contributed by atoms with Gasteiger partial charge in [-0.3, -0.25) is 10.1 Å². The topological polar surface area (TPSA) is 110 Å². The van der Waals surface area contributed by atoms with Crippen LogP contribution < -0.4 is 20.7 Å². The second-order valence-corrected chi connectivity index (χ2v) is 9.08. The molecule has 0 bridgehead atoms. The third-order valence-electron chi connectivity index (χ3n) is 4.69. The monoisotopic (exact) mass is 468 g/mol. The molecule has 0 aliphatic carbocycles. The third-order valence-corrected chi connectivity index (χ3v) is 4.69. The van der Waals surface area contributed by atoms with Crippen LogP contribution in [0.1, 0.15) is 53.3 Å². The van der Waals surface area contributed by atoms with Gasteiger partial charge in [0.05, 0.1) is 11.4 Å². The number of ether oxygens (including phenoxy) is 1. The van der Waals surface area contributed by atoms with Crippen molar-refractivity contribution in [3.05, 3.63) is 54.1 Å². The Bertz CT molecular complexity index is 1200. The SMILES string of the molecule is CC(=O)Nc1cc(Oc2ccc(NC(=O)Nc3cc(C(C)(C)C)nn3C(C)C)c(F)c2)ccn1. The van der Waals surface area contributed by atoms with Crippen LogP contribution in [-0.4, -0.2) is 26.7 Å². The molecule has 180 valence electrons. The maximum Gasteiger partial charge on any atom is 0.324 e. The summed E-state index contributed by atoms with van der Waals surface area (Å²) in [6, 6.07) is 8.42. The van der Waals surface area contributed by atoms with Gasteiger partial charge in [0.25, 0.3) is 0 Å². The number of rotatable bonds is 6. The van der Waals surface area contributed by atoms with Crippen molar-refractivity contribution in [2.24, 2.45) is 0 Å². The standard InChI is InChI=1S/C24H29FN6O3/c1-14(2)31-22(13-20(30-31)24(4,5)6)29-23(33)28-19-8-7-16(11-18(19)25)34-17-9-10-26-21(12-17)27-15(3)32/h7-14H,1-6H3,(H,26,27,32)(H2,28,29,33). The minimum absolute atomic E-state index is 0.00910. The van der Waals surface area contributed by atoms with Crippen molar-refractivity contribution in [3.8, 4) is 11.5 Å². The molecule has 0 fully saturated rings. The fourth-order valence-corrected chi connectivity index (χ4v) is 3.04. The molecule has 0 spiro atoms. The number of benzene rings is 1. The van der Waals surface area contributed by atoms with E-state index < -0.39 is 11.8 Å². The molecular weight excluding hydrogens is 439 g/mol. The smallest absolute Gasteiger partial charge is 0.324 e. The van der Waals surface area contributed by atoms with Gasteiger partial charge in [-0.25, -0.2) is 18.9 Å². The minimum atomic E-state index is -0.670. The molecule has 0 aliphatic heterocycles. The second kappa shape index (κ2) is 9.90. The summed E-state index contributed by atoms with van der Waals surface area (Å²) in [7, 11) is 0. The second-order valence-electron chi connectivity index (χ2n) is 9.08. The van der Waals surface area contributed by atoms with E-state index in [2.05, 4.69) is 26.0 Å². The van der Waals surface area contributed by atoms with Gasteiger partial charge in [-0.2, -0.15) is 5.10 Å². The van der Waals surface area contributed by atoms with Gasteiger partial charge >= 0.3 is 6.03 Å². The van der Waals surface area contributed by atoms with Crippen LogP contribution in [0.3, 0.4) is 0 Å². The molecule has 9 nitrogen and oxygen atoms in total. The number of carbonyl (C=O) groups is 2. The third kappa shape index (κ3) is 6.31. The molecule has 0 atom stereocenters. The summed E-state index contributed by atoms with van der Waals surface area (Å²) < 4.78 is 22.0. The first-order chi connectivity index (χ1) is 15.9. The predicted molar refractivity (Wildman–Crippen MR) is 129 cm³/mol. The maximum atomic E-state index is 14.7. The number of pyridine rings is 1. The summed E-state index contributed by atoms with van der Waals surface area (Å²) in [6.45, 7) is 11.4. The number of hydrogen-bond donors (Lipinski definition) is 3. The zero-order valence-corrected chi connectivity index (χ0v) is 20.1. The summed E-state index contributed by atoms with van der Waals surface area (Å²) in [5.74, 6) is 0.484. The molecule has 10 heteroatoms. The molecular formula is C24H29FN6O3. The average molecular weight is 469 g/mol. The first kappa shape index (κ1) is 24.7. The van der Waals surface area contributed by atoms with Gasteiger partial charge in [-0.1, -0.05) is 20.8 Å². The van der Waals surface area contributed by atoms with E-state index in [9.17, 15) is 14.0 Å². The summed E-state index contributed by atoms with van der Waals surface area (Å²) >= 11 is 0. The molecule has 0 unspecified atom stereocenters. The van der Waals surface area contributed by atoms with Crippen molar-refractivity contribution in [2.45, 2.75) is 53.0 Å². The Kier molecular flexibility index (Phi) is 7.19. The fourth-order valence-electron chi connectivity index (χ4n) is 3.04. The van der Waals surface area contributed by atoms with E-state index in [4.69, 9.17) is 4.74 Å². The van der Waals surface area contributed by atoms with E-state index in [1.165, 1.54) is 31.3 Å². The number of urea groups is 1. The number of halogens is 1. The number of nitrogens with zero attached hydrogens (tertiary/aromatic N) is 3. The fraction of sp³-hybridized carbons (Fsp3) is 0.333. The summed E-state index contributed by atoms with van der Waals surface area (Å²) in [5.41, 5.74) is 0.638. The van der Waals surface area contributed by atoms with E-state index in [1.54, 1.807) is 10.7 Å². The molecule has 1 aromatic carbocycles.